The standard InChI is InChI=1S/C47H35N3/c48-46(36-25-21-32(22-26-36)31-11-2-1-3-12-31)50-47(49-30-38-17-10-16-35-24-23-34-14-5-8-19-40(34)44(35)38)45-41-20-9-6-15-37(41)29-43-39-18-7-4-13-33(39)27-28-42(43)45/h1-29,46H,30,48H2,(H,49,50). The smallest absolute Gasteiger partial charge is 0.131 e. The van der Waals surface area contributed by atoms with E-state index in [4.69, 9.17) is 10.7 Å². The quantitative estimate of drug-likeness (QED) is 0.0624. The van der Waals surface area contributed by atoms with Crippen LogP contribution in [0.15, 0.2) is 181 Å². The number of amidine groups is 1. The van der Waals surface area contributed by atoms with Gasteiger partial charge in [-0.2, -0.15) is 0 Å². The van der Waals surface area contributed by atoms with Crippen molar-refractivity contribution in [1.82, 2.24) is 5.32 Å². The van der Waals surface area contributed by atoms with Gasteiger partial charge in [0, 0.05) is 5.56 Å². The summed E-state index contributed by atoms with van der Waals surface area (Å²) >= 11 is 0. The van der Waals surface area contributed by atoms with E-state index in [-0.39, 0.29) is 0 Å². The molecule has 0 radical (unpaired) electrons. The van der Waals surface area contributed by atoms with Gasteiger partial charge in [0.05, 0.1) is 6.54 Å². The van der Waals surface area contributed by atoms with Gasteiger partial charge < -0.3 is 11.1 Å². The first-order chi connectivity index (χ1) is 24.7. The number of fused-ring (bicyclic) bond motifs is 7. The third kappa shape index (κ3) is 5.35. The highest BCUT2D eigenvalue weighted by Crippen LogP contribution is 2.35. The van der Waals surface area contributed by atoms with Crippen LogP contribution in [0.2, 0.25) is 0 Å². The number of benzene rings is 9. The minimum Gasteiger partial charge on any atom is -0.351 e. The zero-order chi connectivity index (χ0) is 33.4. The van der Waals surface area contributed by atoms with Gasteiger partial charge >= 0.3 is 0 Å². The number of nitrogens with one attached hydrogen (secondary N) is 1. The van der Waals surface area contributed by atoms with Crippen molar-refractivity contribution >= 4 is 59.7 Å². The van der Waals surface area contributed by atoms with Crippen molar-refractivity contribution in [3.05, 3.63) is 193 Å². The van der Waals surface area contributed by atoms with E-state index < -0.39 is 6.17 Å². The predicted octanol–water partition coefficient (Wildman–Crippen LogP) is 11.3. The Bertz CT molecular complexity index is 2710. The second-order valence-electron chi connectivity index (χ2n) is 12.9. The first kappa shape index (κ1) is 29.8. The van der Waals surface area contributed by atoms with E-state index in [2.05, 4.69) is 175 Å². The molecule has 3 nitrogen and oxygen atoms in total. The molecular weight excluding hydrogens is 607 g/mol. The van der Waals surface area contributed by atoms with Gasteiger partial charge in [0.15, 0.2) is 0 Å². The highest BCUT2D eigenvalue weighted by molar-refractivity contribution is 6.24. The molecule has 0 amide bonds. The lowest BCUT2D eigenvalue weighted by atomic mass is 9.92. The molecule has 3 heteroatoms. The fourth-order valence-corrected chi connectivity index (χ4v) is 7.45. The average Bonchev–Trinajstić information content (AvgIpc) is 3.18. The van der Waals surface area contributed by atoms with Gasteiger partial charge in [0.2, 0.25) is 0 Å². The molecule has 0 aliphatic heterocycles. The lowest BCUT2D eigenvalue weighted by Crippen LogP contribution is -2.35. The Morgan fingerprint density at radius 2 is 1.08 bits per heavy atom. The second kappa shape index (κ2) is 12.6. The van der Waals surface area contributed by atoms with Gasteiger partial charge in [-0.15, -0.1) is 0 Å². The summed E-state index contributed by atoms with van der Waals surface area (Å²) in [5, 5.41) is 15.7. The van der Waals surface area contributed by atoms with Crippen LogP contribution >= 0.6 is 0 Å². The second-order valence-corrected chi connectivity index (χ2v) is 12.9. The molecule has 0 spiro atoms. The molecule has 0 saturated carbocycles. The van der Waals surface area contributed by atoms with Crippen LogP contribution in [0.25, 0.3) is 65.0 Å². The average molecular weight is 642 g/mol. The van der Waals surface area contributed by atoms with Gasteiger partial charge in [-0.05, 0) is 82.2 Å². The molecular formula is C47H35N3. The number of nitrogens with zero attached hydrogens (tertiary/aromatic N) is 1. The molecule has 9 aromatic rings. The topological polar surface area (TPSA) is 50.4 Å². The maximum atomic E-state index is 7.04. The summed E-state index contributed by atoms with van der Waals surface area (Å²) < 4.78 is 0. The molecule has 3 N–H and O–H groups in total. The molecule has 0 bridgehead atoms. The summed E-state index contributed by atoms with van der Waals surface area (Å²) in [6.45, 7) is 0.492. The molecule has 0 heterocycles. The first-order valence-corrected chi connectivity index (χ1v) is 17.2. The van der Waals surface area contributed by atoms with Crippen molar-refractivity contribution in [2.24, 2.45) is 10.7 Å². The van der Waals surface area contributed by atoms with Crippen LogP contribution < -0.4 is 11.1 Å². The molecule has 0 aliphatic carbocycles. The Morgan fingerprint density at radius 1 is 0.480 bits per heavy atom. The van der Waals surface area contributed by atoms with Crippen molar-refractivity contribution in [2.75, 3.05) is 0 Å². The highest BCUT2D eigenvalue weighted by Gasteiger charge is 2.18. The predicted molar refractivity (Wildman–Crippen MR) is 213 cm³/mol. The van der Waals surface area contributed by atoms with Crippen LogP contribution in [0, 0.1) is 0 Å². The molecule has 50 heavy (non-hydrogen) atoms. The summed E-state index contributed by atoms with van der Waals surface area (Å²) in [5.41, 5.74) is 12.6. The Hall–Kier alpha value is -6.29. The van der Waals surface area contributed by atoms with Gasteiger partial charge in [-0.1, -0.05) is 170 Å². The third-order valence-electron chi connectivity index (χ3n) is 9.94. The van der Waals surface area contributed by atoms with Crippen LogP contribution in [0.4, 0.5) is 0 Å². The van der Waals surface area contributed by atoms with Crippen molar-refractivity contribution in [3.63, 3.8) is 0 Å². The van der Waals surface area contributed by atoms with E-state index in [9.17, 15) is 0 Å². The van der Waals surface area contributed by atoms with Crippen molar-refractivity contribution < 1.29 is 0 Å². The van der Waals surface area contributed by atoms with E-state index in [0.717, 1.165) is 38.7 Å². The van der Waals surface area contributed by atoms with Gasteiger partial charge in [0.25, 0.3) is 0 Å². The Morgan fingerprint density at radius 3 is 1.88 bits per heavy atom. The van der Waals surface area contributed by atoms with E-state index >= 15 is 0 Å². The van der Waals surface area contributed by atoms with E-state index in [1.165, 1.54) is 48.8 Å². The number of aliphatic imine (C=N–C) groups is 1. The van der Waals surface area contributed by atoms with E-state index in [1.807, 2.05) is 6.07 Å². The van der Waals surface area contributed by atoms with Crippen LogP contribution in [0.3, 0.4) is 0 Å². The van der Waals surface area contributed by atoms with Gasteiger partial charge in [0.1, 0.15) is 12.0 Å². The lowest BCUT2D eigenvalue weighted by molar-refractivity contribution is 0.679. The zero-order valence-electron chi connectivity index (χ0n) is 27.6. The summed E-state index contributed by atoms with van der Waals surface area (Å²) in [5.74, 6) is 0.777. The van der Waals surface area contributed by atoms with Gasteiger partial charge in [-0.3, -0.25) is 4.99 Å². The summed E-state index contributed by atoms with van der Waals surface area (Å²) in [7, 11) is 0. The molecule has 0 fully saturated rings. The fourth-order valence-electron chi connectivity index (χ4n) is 7.45. The summed E-state index contributed by atoms with van der Waals surface area (Å²) in [6.07, 6.45) is -0.485. The largest absolute Gasteiger partial charge is 0.351 e. The third-order valence-corrected chi connectivity index (χ3v) is 9.94. The Kier molecular flexibility index (Phi) is 7.53. The summed E-state index contributed by atoms with van der Waals surface area (Å²) in [4.78, 5) is 5.46. The number of hydrogen-bond donors (Lipinski definition) is 2. The van der Waals surface area contributed by atoms with E-state index in [0.29, 0.717) is 6.54 Å². The van der Waals surface area contributed by atoms with Crippen LogP contribution in [-0.4, -0.2) is 5.84 Å². The van der Waals surface area contributed by atoms with Crippen molar-refractivity contribution in [3.8, 4) is 11.1 Å². The Balaban J connectivity index is 1.22. The van der Waals surface area contributed by atoms with Crippen molar-refractivity contribution in [2.45, 2.75) is 12.7 Å². The molecule has 0 aromatic heterocycles. The monoisotopic (exact) mass is 641 g/mol. The van der Waals surface area contributed by atoms with Crippen LogP contribution in [0.5, 0.6) is 0 Å². The molecule has 1 atom stereocenters. The minimum atomic E-state index is -0.485. The molecule has 0 aliphatic rings. The SMILES string of the molecule is NC(N/C(=N\Cc1cccc2ccc3ccccc3c12)c1c2ccccc2cc2c1ccc1ccccc12)c1ccc(-c2ccccc2)cc1. The fraction of sp³-hybridized carbons (Fsp3) is 0.0426. The summed E-state index contributed by atoms with van der Waals surface area (Å²) in [6, 6.07) is 62.4. The first-order valence-electron chi connectivity index (χ1n) is 17.2. The van der Waals surface area contributed by atoms with Crippen LogP contribution in [-0.2, 0) is 6.54 Å². The van der Waals surface area contributed by atoms with E-state index in [1.54, 1.807) is 0 Å². The highest BCUT2D eigenvalue weighted by atomic mass is 15.1. The normalized spacial score (nSPS) is 12.6. The van der Waals surface area contributed by atoms with Gasteiger partial charge in [-0.25, -0.2) is 0 Å². The molecule has 9 rings (SSSR count). The molecule has 238 valence electrons. The molecule has 1 unspecified atom stereocenters. The Labute approximate surface area is 291 Å². The zero-order valence-corrected chi connectivity index (χ0v) is 27.6. The maximum absolute atomic E-state index is 7.04. The number of nitrogens with two attached hydrogens (primary N) is 1. The lowest BCUT2D eigenvalue weighted by Gasteiger charge is -2.21. The minimum absolute atomic E-state index is 0.485. The number of rotatable bonds is 6. The van der Waals surface area contributed by atoms with Crippen molar-refractivity contribution in [1.29, 1.82) is 0 Å². The molecule has 9 aromatic carbocycles. The van der Waals surface area contributed by atoms with Crippen LogP contribution in [0.1, 0.15) is 22.9 Å². The maximum Gasteiger partial charge on any atom is 0.131 e. The number of hydrogen-bond acceptors (Lipinski definition) is 2. The molecule has 0 saturated heterocycles.